The highest BCUT2D eigenvalue weighted by Gasteiger charge is 2.22. The van der Waals surface area contributed by atoms with Crippen molar-refractivity contribution in [1.82, 2.24) is 4.90 Å². The van der Waals surface area contributed by atoms with Crippen LogP contribution in [0.25, 0.3) is 0 Å². The molecule has 0 atom stereocenters. The molecule has 0 bridgehead atoms. The summed E-state index contributed by atoms with van der Waals surface area (Å²) in [6, 6.07) is 7.86. The molecule has 1 amide bonds. The maximum Gasteiger partial charge on any atom is 0.253 e. The van der Waals surface area contributed by atoms with Gasteiger partial charge in [0.1, 0.15) is 0 Å². The van der Waals surface area contributed by atoms with Crippen LogP contribution in [-0.2, 0) is 5.41 Å². The molecular formula is C14H20BrNO. The predicted molar refractivity (Wildman–Crippen MR) is 75.9 cm³/mol. The highest BCUT2D eigenvalue weighted by molar-refractivity contribution is 9.09. The number of carbonyl (C=O) groups excluding carboxylic acids is 1. The fourth-order valence-electron chi connectivity index (χ4n) is 1.76. The Labute approximate surface area is 112 Å². The van der Waals surface area contributed by atoms with Gasteiger partial charge in [-0.1, -0.05) is 54.9 Å². The molecule has 0 radical (unpaired) electrons. The summed E-state index contributed by atoms with van der Waals surface area (Å²) in [5.41, 5.74) is 1.90. The normalized spacial score (nSPS) is 11.4. The van der Waals surface area contributed by atoms with Crippen molar-refractivity contribution in [3.63, 3.8) is 0 Å². The molecule has 0 aliphatic heterocycles. The number of hydrogen-bond acceptors (Lipinski definition) is 1. The topological polar surface area (TPSA) is 20.3 Å². The molecule has 1 rings (SSSR count). The molecule has 94 valence electrons. The van der Waals surface area contributed by atoms with Crippen LogP contribution >= 0.6 is 15.9 Å². The number of hydrogen-bond donors (Lipinski definition) is 0. The predicted octanol–water partition coefficient (Wildman–Crippen LogP) is 3.45. The van der Waals surface area contributed by atoms with E-state index in [-0.39, 0.29) is 11.3 Å². The van der Waals surface area contributed by atoms with Gasteiger partial charge in [0.05, 0.1) is 0 Å². The first-order valence-corrected chi connectivity index (χ1v) is 6.91. The molecule has 3 heteroatoms. The number of carbonyl (C=O) groups is 1. The van der Waals surface area contributed by atoms with Gasteiger partial charge < -0.3 is 4.90 Å². The molecule has 1 aromatic rings. The van der Waals surface area contributed by atoms with Gasteiger partial charge in [0.2, 0.25) is 0 Å². The maximum atomic E-state index is 12.3. The molecule has 0 aliphatic rings. The van der Waals surface area contributed by atoms with Crippen LogP contribution in [-0.4, -0.2) is 29.7 Å². The minimum absolute atomic E-state index is 0.0124. The molecule has 0 fully saturated rings. The molecule has 0 aliphatic carbocycles. The van der Waals surface area contributed by atoms with Gasteiger partial charge in [0.25, 0.3) is 5.91 Å². The van der Waals surface area contributed by atoms with Crippen molar-refractivity contribution in [1.29, 1.82) is 0 Å². The molecular weight excluding hydrogens is 278 g/mol. The fraction of sp³-hybridized carbons (Fsp3) is 0.500. The van der Waals surface area contributed by atoms with E-state index in [9.17, 15) is 4.79 Å². The zero-order valence-corrected chi connectivity index (χ0v) is 12.5. The average molecular weight is 298 g/mol. The zero-order valence-electron chi connectivity index (χ0n) is 11.0. The first-order chi connectivity index (χ1) is 7.88. The molecule has 0 aromatic heterocycles. The summed E-state index contributed by atoms with van der Waals surface area (Å²) in [4.78, 5) is 14.1. The number of nitrogens with zero attached hydrogens (tertiary/aromatic N) is 1. The van der Waals surface area contributed by atoms with Crippen LogP contribution in [0.5, 0.6) is 0 Å². The third-order valence-corrected chi connectivity index (χ3v) is 3.09. The van der Waals surface area contributed by atoms with E-state index in [1.807, 2.05) is 31.3 Å². The molecule has 17 heavy (non-hydrogen) atoms. The average Bonchev–Trinajstić information content (AvgIpc) is 2.27. The van der Waals surface area contributed by atoms with Crippen molar-refractivity contribution in [2.75, 3.05) is 18.9 Å². The van der Waals surface area contributed by atoms with Crippen LogP contribution in [0.1, 0.15) is 36.7 Å². The van der Waals surface area contributed by atoms with E-state index in [0.717, 1.165) is 23.0 Å². The monoisotopic (exact) mass is 297 g/mol. The number of amides is 1. The van der Waals surface area contributed by atoms with Crippen molar-refractivity contribution in [3.05, 3.63) is 35.4 Å². The Bertz CT molecular complexity index is 395. The third kappa shape index (κ3) is 3.56. The largest absolute Gasteiger partial charge is 0.341 e. The third-order valence-electron chi connectivity index (χ3n) is 2.73. The van der Waals surface area contributed by atoms with E-state index in [4.69, 9.17) is 0 Å². The highest BCUT2D eigenvalue weighted by Crippen LogP contribution is 2.26. The Morgan fingerprint density at radius 3 is 2.41 bits per heavy atom. The van der Waals surface area contributed by atoms with E-state index in [1.54, 1.807) is 4.90 Å². The molecule has 0 unspecified atom stereocenters. The maximum absolute atomic E-state index is 12.3. The van der Waals surface area contributed by atoms with Crippen molar-refractivity contribution in [2.24, 2.45) is 0 Å². The SMILES string of the molecule is CN(CCBr)C(=O)c1ccccc1C(C)(C)C. The van der Waals surface area contributed by atoms with Gasteiger partial charge in [-0.25, -0.2) is 0 Å². The molecule has 2 nitrogen and oxygen atoms in total. The van der Waals surface area contributed by atoms with E-state index >= 15 is 0 Å². The molecule has 0 heterocycles. The van der Waals surface area contributed by atoms with Crippen LogP contribution in [0.2, 0.25) is 0 Å². The summed E-state index contributed by atoms with van der Waals surface area (Å²) in [6.07, 6.45) is 0. The Morgan fingerprint density at radius 2 is 1.88 bits per heavy atom. The van der Waals surface area contributed by atoms with Gasteiger partial charge in [-0.2, -0.15) is 0 Å². The van der Waals surface area contributed by atoms with Gasteiger partial charge in [-0.15, -0.1) is 0 Å². The Balaban J connectivity index is 3.10. The van der Waals surface area contributed by atoms with Gasteiger partial charge >= 0.3 is 0 Å². The van der Waals surface area contributed by atoms with E-state index in [0.29, 0.717) is 0 Å². The quantitative estimate of drug-likeness (QED) is 0.783. The summed E-state index contributed by atoms with van der Waals surface area (Å²) in [6.45, 7) is 7.11. The van der Waals surface area contributed by atoms with Crippen molar-refractivity contribution < 1.29 is 4.79 Å². The van der Waals surface area contributed by atoms with Crippen LogP contribution in [0.4, 0.5) is 0 Å². The number of halogens is 1. The number of benzene rings is 1. The van der Waals surface area contributed by atoms with Crippen molar-refractivity contribution in [3.8, 4) is 0 Å². The second kappa shape index (κ2) is 5.67. The molecule has 0 N–H and O–H groups in total. The summed E-state index contributed by atoms with van der Waals surface area (Å²) < 4.78 is 0. The smallest absolute Gasteiger partial charge is 0.253 e. The van der Waals surface area contributed by atoms with E-state index in [2.05, 4.69) is 36.7 Å². The van der Waals surface area contributed by atoms with Crippen molar-refractivity contribution in [2.45, 2.75) is 26.2 Å². The minimum Gasteiger partial charge on any atom is -0.341 e. The Morgan fingerprint density at radius 1 is 1.29 bits per heavy atom. The van der Waals surface area contributed by atoms with Gasteiger partial charge in [0.15, 0.2) is 0 Å². The summed E-state index contributed by atoms with van der Waals surface area (Å²) in [5, 5.41) is 0.799. The second-order valence-electron chi connectivity index (χ2n) is 5.21. The summed E-state index contributed by atoms with van der Waals surface area (Å²) >= 11 is 3.35. The lowest BCUT2D eigenvalue weighted by atomic mass is 9.83. The minimum atomic E-state index is -0.0124. The summed E-state index contributed by atoms with van der Waals surface area (Å²) in [7, 11) is 1.84. The zero-order chi connectivity index (χ0) is 13.1. The summed E-state index contributed by atoms with van der Waals surface area (Å²) in [5.74, 6) is 0.0926. The Kier molecular flexibility index (Phi) is 4.75. The molecule has 0 saturated heterocycles. The van der Waals surface area contributed by atoms with Gasteiger partial charge in [-0.05, 0) is 17.0 Å². The van der Waals surface area contributed by atoms with E-state index < -0.39 is 0 Å². The van der Waals surface area contributed by atoms with Crippen LogP contribution in [0.15, 0.2) is 24.3 Å². The van der Waals surface area contributed by atoms with Crippen LogP contribution in [0.3, 0.4) is 0 Å². The van der Waals surface area contributed by atoms with Crippen LogP contribution in [0, 0.1) is 0 Å². The number of rotatable bonds is 3. The second-order valence-corrected chi connectivity index (χ2v) is 6.00. The van der Waals surface area contributed by atoms with Gasteiger partial charge in [0, 0.05) is 24.5 Å². The lowest BCUT2D eigenvalue weighted by Crippen LogP contribution is -2.30. The molecule has 0 saturated carbocycles. The lowest BCUT2D eigenvalue weighted by Gasteiger charge is -2.24. The standard InChI is InChI=1S/C14H20BrNO/c1-14(2,3)12-8-6-5-7-11(12)13(17)16(4)10-9-15/h5-8H,9-10H2,1-4H3. The first kappa shape index (κ1) is 14.2. The van der Waals surface area contributed by atoms with Gasteiger partial charge in [-0.3, -0.25) is 4.79 Å². The molecule has 1 aromatic carbocycles. The van der Waals surface area contributed by atoms with E-state index in [1.165, 1.54) is 0 Å². The van der Waals surface area contributed by atoms with Crippen molar-refractivity contribution >= 4 is 21.8 Å². The number of alkyl halides is 1. The molecule has 0 spiro atoms. The highest BCUT2D eigenvalue weighted by atomic mass is 79.9. The lowest BCUT2D eigenvalue weighted by molar-refractivity contribution is 0.0801. The first-order valence-electron chi connectivity index (χ1n) is 5.79. The Hall–Kier alpha value is -0.830. The fourth-order valence-corrected chi connectivity index (χ4v) is 2.29. The van der Waals surface area contributed by atoms with Crippen LogP contribution < -0.4 is 0 Å².